The van der Waals surface area contributed by atoms with Gasteiger partial charge in [0.2, 0.25) is 6.79 Å². The highest BCUT2D eigenvalue weighted by Gasteiger charge is 2.30. The number of hydrogen-bond acceptors (Lipinski definition) is 4. The molecule has 0 spiro atoms. The average Bonchev–Trinajstić information content (AvgIpc) is 3.30. The summed E-state index contributed by atoms with van der Waals surface area (Å²) >= 11 is 0. The number of fused-ring (bicyclic) bond motifs is 1. The van der Waals surface area contributed by atoms with Crippen LogP contribution in [0.1, 0.15) is 40.5 Å². The van der Waals surface area contributed by atoms with Crippen molar-refractivity contribution in [1.29, 1.82) is 0 Å². The van der Waals surface area contributed by atoms with Crippen LogP contribution in [0.15, 0.2) is 54.6 Å². The van der Waals surface area contributed by atoms with Gasteiger partial charge in [-0.25, -0.2) is 4.68 Å². The van der Waals surface area contributed by atoms with Gasteiger partial charge in [0.25, 0.3) is 5.91 Å². The van der Waals surface area contributed by atoms with Crippen molar-refractivity contribution in [2.75, 3.05) is 13.8 Å². The van der Waals surface area contributed by atoms with Crippen LogP contribution in [0, 0.1) is 0 Å². The van der Waals surface area contributed by atoms with E-state index < -0.39 is 0 Å². The third kappa shape index (κ3) is 3.11. The Morgan fingerprint density at radius 3 is 2.68 bits per heavy atom. The Hall–Kier alpha value is -3.28. The maximum atomic E-state index is 13.2. The van der Waals surface area contributed by atoms with Crippen molar-refractivity contribution < 1.29 is 14.3 Å². The molecule has 0 unspecified atom stereocenters. The van der Waals surface area contributed by atoms with Crippen LogP contribution in [0.2, 0.25) is 0 Å². The molecule has 1 saturated carbocycles. The monoisotopic (exact) mass is 375 g/mol. The second kappa shape index (κ2) is 6.71. The van der Waals surface area contributed by atoms with E-state index in [1.54, 1.807) is 9.58 Å². The second-order valence-corrected chi connectivity index (χ2v) is 7.32. The lowest BCUT2D eigenvalue weighted by Gasteiger charge is -2.18. The van der Waals surface area contributed by atoms with Crippen molar-refractivity contribution in [3.05, 3.63) is 71.5 Å². The van der Waals surface area contributed by atoms with Gasteiger partial charge < -0.3 is 14.4 Å². The van der Waals surface area contributed by atoms with Gasteiger partial charge in [0, 0.05) is 19.5 Å². The van der Waals surface area contributed by atoms with Gasteiger partial charge in [-0.05, 0) is 48.7 Å². The number of aromatic nitrogens is 2. The quantitative estimate of drug-likeness (QED) is 0.682. The zero-order valence-corrected chi connectivity index (χ0v) is 15.7. The van der Waals surface area contributed by atoms with Gasteiger partial charge in [-0.2, -0.15) is 5.10 Å². The van der Waals surface area contributed by atoms with Crippen LogP contribution in [-0.2, 0) is 6.54 Å². The zero-order valence-electron chi connectivity index (χ0n) is 15.7. The number of para-hydroxylation sites is 1. The van der Waals surface area contributed by atoms with Crippen molar-refractivity contribution in [2.45, 2.75) is 25.3 Å². The Bertz CT molecular complexity index is 1020. The molecule has 1 aliphatic carbocycles. The Kier molecular flexibility index (Phi) is 4.04. The van der Waals surface area contributed by atoms with Crippen molar-refractivity contribution in [3.8, 4) is 17.2 Å². The van der Waals surface area contributed by atoms with Gasteiger partial charge in [0.1, 0.15) is 5.69 Å². The van der Waals surface area contributed by atoms with Crippen LogP contribution >= 0.6 is 0 Å². The van der Waals surface area contributed by atoms with Crippen LogP contribution in [0.5, 0.6) is 11.5 Å². The number of rotatable bonds is 5. The van der Waals surface area contributed by atoms with Gasteiger partial charge in [-0.1, -0.05) is 24.3 Å². The summed E-state index contributed by atoms with van der Waals surface area (Å²) in [7, 11) is 1.81. The summed E-state index contributed by atoms with van der Waals surface area (Å²) in [6.45, 7) is 0.724. The number of carbonyl (C=O) groups is 1. The molecule has 0 saturated heterocycles. The number of carbonyl (C=O) groups excluding carboxylic acids is 1. The lowest BCUT2D eigenvalue weighted by Crippen LogP contribution is -2.28. The smallest absolute Gasteiger partial charge is 0.272 e. The summed E-state index contributed by atoms with van der Waals surface area (Å²) in [5.74, 6) is 1.90. The molecule has 2 heterocycles. The minimum absolute atomic E-state index is 0.0547. The van der Waals surface area contributed by atoms with Gasteiger partial charge in [-0.3, -0.25) is 4.79 Å². The Balaban J connectivity index is 1.42. The van der Waals surface area contributed by atoms with Crippen molar-refractivity contribution in [1.82, 2.24) is 14.7 Å². The summed E-state index contributed by atoms with van der Waals surface area (Å²) in [6.07, 6.45) is 2.29. The van der Waals surface area contributed by atoms with E-state index in [0.29, 0.717) is 18.2 Å². The lowest BCUT2D eigenvalue weighted by atomic mass is 10.2. The van der Waals surface area contributed by atoms with Crippen molar-refractivity contribution in [2.24, 2.45) is 0 Å². The van der Waals surface area contributed by atoms with E-state index in [9.17, 15) is 4.79 Å². The highest BCUT2D eigenvalue weighted by Crippen LogP contribution is 2.40. The predicted molar refractivity (Wildman–Crippen MR) is 104 cm³/mol. The molecule has 3 aromatic rings. The molecule has 2 aromatic carbocycles. The first-order chi connectivity index (χ1) is 13.7. The first-order valence-corrected chi connectivity index (χ1v) is 9.48. The normalized spacial score (nSPS) is 14.9. The van der Waals surface area contributed by atoms with Crippen LogP contribution in [0.3, 0.4) is 0 Å². The summed E-state index contributed by atoms with van der Waals surface area (Å²) in [5, 5.41) is 4.73. The first kappa shape index (κ1) is 16.9. The molecule has 142 valence electrons. The topological polar surface area (TPSA) is 56.6 Å². The molecule has 5 rings (SSSR count). The molecule has 1 amide bonds. The molecule has 0 radical (unpaired) electrons. The maximum absolute atomic E-state index is 13.2. The third-order valence-corrected chi connectivity index (χ3v) is 5.15. The SMILES string of the molecule is CN(Cc1ccc2c(c1)OCO2)C(=O)c1cc(C2CC2)nn1-c1ccccc1. The van der Waals surface area contributed by atoms with Crippen LogP contribution in [-0.4, -0.2) is 34.4 Å². The standard InChI is InChI=1S/C22H21N3O3/c1-24(13-15-7-10-20-21(11-15)28-14-27-20)22(26)19-12-18(16-8-9-16)23-25(19)17-5-3-2-4-6-17/h2-7,10-12,16H,8-9,13-14H2,1H3. The fraction of sp³-hybridized carbons (Fsp3) is 0.273. The molecule has 1 fully saturated rings. The van der Waals surface area contributed by atoms with E-state index in [2.05, 4.69) is 0 Å². The maximum Gasteiger partial charge on any atom is 0.272 e. The molecule has 6 nitrogen and oxygen atoms in total. The van der Waals surface area contributed by atoms with Crippen LogP contribution in [0.4, 0.5) is 0 Å². The van der Waals surface area contributed by atoms with Gasteiger partial charge >= 0.3 is 0 Å². The first-order valence-electron chi connectivity index (χ1n) is 9.48. The van der Waals surface area contributed by atoms with Crippen molar-refractivity contribution in [3.63, 3.8) is 0 Å². The van der Waals surface area contributed by atoms with Gasteiger partial charge in [0.05, 0.1) is 11.4 Å². The molecule has 28 heavy (non-hydrogen) atoms. The number of benzene rings is 2. The number of amides is 1. The molecular weight excluding hydrogens is 354 g/mol. The Morgan fingerprint density at radius 1 is 1.11 bits per heavy atom. The predicted octanol–water partition coefficient (Wildman–Crippen LogP) is 3.75. The molecule has 0 bridgehead atoms. The summed E-state index contributed by atoms with van der Waals surface area (Å²) in [4.78, 5) is 15.0. The number of nitrogens with zero attached hydrogens (tertiary/aromatic N) is 3. The molecule has 0 N–H and O–H groups in total. The fourth-order valence-electron chi connectivity index (χ4n) is 3.48. The van der Waals surface area contributed by atoms with Crippen LogP contribution in [0.25, 0.3) is 5.69 Å². The molecule has 1 aromatic heterocycles. The molecule has 2 aliphatic rings. The van der Waals surface area contributed by atoms with E-state index in [4.69, 9.17) is 14.6 Å². The van der Waals surface area contributed by atoms with E-state index >= 15 is 0 Å². The Morgan fingerprint density at radius 2 is 1.89 bits per heavy atom. The molecular formula is C22H21N3O3. The zero-order chi connectivity index (χ0) is 19.1. The highest BCUT2D eigenvalue weighted by molar-refractivity contribution is 5.93. The van der Waals surface area contributed by atoms with Crippen LogP contribution < -0.4 is 9.47 Å². The summed E-state index contributed by atoms with van der Waals surface area (Å²) in [5.41, 5.74) is 3.49. The lowest BCUT2D eigenvalue weighted by molar-refractivity contribution is 0.0776. The number of hydrogen-bond donors (Lipinski definition) is 0. The summed E-state index contributed by atoms with van der Waals surface area (Å²) < 4.78 is 12.6. The van der Waals surface area contributed by atoms with E-state index in [-0.39, 0.29) is 12.7 Å². The molecule has 0 atom stereocenters. The van der Waals surface area contributed by atoms with E-state index in [0.717, 1.165) is 41.3 Å². The summed E-state index contributed by atoms with van der Waals surface area (Å²) in [6, 6.07) is 17.5. The molecule has 6 heteroatoms. The second-order valence-electron chi connectivity index (χ2n) is 7.32. The Labute approximate surface area is 163 Å². The third-order valence-electron chi connectivity index (χ3n) is 5.15. The average molecular weight is 375 g/mol. The van der Waals surface area contributed by atoms with Gasteiger partial charge in [0.15, 0.2) is 11.5 Å². The highest BCUT2D eigenvalue weighted by atomic mass is 16.7. The molecule has 1 aliphatic heterocycles. The minimum atomic E-state index is -0.0547. The largest absolute Gasteiger partial charge is 0.454 e. The van der Waals surface area contributed by atoms with E-state index in [1.807, 2.05) is 61.6 Å². The fourth-order valence-corrected chi connectivity index (χ4v) is 3.48. The van der Waals surface area contributed by atoms with Crippen molar-refractivity contribution >= 4 is 5.91 Å². The van der Waals surface area contributed by atoms with Gasteiger partial charge in [-0.15, -0.1) is 0 Å². The minimum Gasteiger partial charge on any atom is -0.454 e. The van der Waals surface area contributed by atoms with E-state index in [1.165, 1.54) is 0 Å². The number of ether oxygens (including phenoxy) is 2.